The quantitative estimate of drug-likeness (QED) is 0.302. The molecule has 0 unspecified atom stereocenters. The molecule has 0 aliphatic heterocycles. The fourth-order valence-electron chi connectivity index (χ4n) is 3.94. The zero-order valence-electron chi connectivity index (χ0n) is 18.8. The first-order chi connectivity index (χ1) is 15.0. The molecule has 4 rings (SSSR count). The second-order valence-corrected chi connectivity index (χ2v) is 8.36. The summed E-state index contributed by atoms with van der Waals surface area (Å²) in [5.41, 5.74) is 11.0. The highest BCUT2D eigenvalue weighted by atomic mass is 15.1. The molecule has 31 heavy (non-hydrogen) atoms. The molecule has 0 saturated carbocycles. The molecule has 0 saturated heterocycles. The van der Waals surface area contributed by atoms with E-state index in [0.29, 0.717) is 0 Å². The van der Waals surface area contributed by atoms with Crippen LogP contribution in [0.25, 0.3) is 12.2 Å². The van der Waals surface area contributed by atoms with E-state index in [1.165, 1.54) is 39.1 Å². The number of rotatable bonds is 5. The molecule has 0 aliphatic carbocycles. The van der Waals surface area contributed by atoms with Crippen molar-refractivity contribution in [2.45, 2.75) is 27.7 Å². The Morgan fingerprint density at radius 1 is 0.452 bits per heavy atom. The summed E-state index contributed by atoms with van der Waals surface area (Å²) >= 11 is 0. The molecule has 0 fully saturated rings. The number of hydrogen-bond acceptors (Lipinski definition) is 1. The molecule has 0 aromatic heterocycles. The van der Waals surface area contributed by atoms with Crippen molar-refractivity contribution < 1.29 is 0 Å². The second kappa shape index (κ2) is 9.06. The maximum Gasteiger partial charge on any atom is 0.0464 e. The minimum atomic E-state index is 1.15. The number of hydrogen-bond donors (Lipinski definition) is 0. The topological polar surface area (TPSA) is 3.24 Å². The molecule has 0 radical (unpaired) electrons. The van der Waals surface area contributed by atoms with Gasteiger partial charge in [-0.25, -0.2) is 0 Å². The summed E-state index contributed by atoms with van der Waals surface area (Å²) in [4.78, 5) is 2.31. The predicted octanol–water partition coefficient (Wildman–Crippen LogP) is 8.56. The zero-order valence-corrected chi connectivity index (χ0v) is 18.8. The van der Waals surface area contributed by atoms with Gasteiger partial charge in [0.05, 0.1) is 0 Å². The third-order valence-electron chi connectivity index (χ3n) is 5.42. The van der Waals surface area contributed by atoms with Crippen LogP contribution in [0.1, 0.15) is 33.4 Å². The first kappa shape index (κ1) is 20.7. The van der Waals surface area contributed by atoms with Crippen molar-refractivity contribution in [2.75, 3.05) is 4.90 Å². The summed E-state index contributed by atoms with van der Waals surface area (Å²) in [6, 6.07) is 32.8. The molecule has 4 aromatic carbocycles. The van der Waals surface area contributed by atoms with Crippen LogP contribution in [-0.2, 0) is 0 Å². The van der Waals surface area contributed by atoms with E-state index in [0.717, 1.165) is 11.4 Å². The van der Waals surface area contributed by atoms with Crippen molar-refractivity contribution >= 4 is 29.2 Å². The van der Waals surface area contributed by atoms with Crippen molar-refractivity contribution in [3.8, 4) is 0 Å². The Labute approximate surface area is 186 Å². The van der Waals surface area contributed by atoms with Crippen LogP contribution in [0.3, 0.4) is 0 Å². The Kier molecular flexibility index (Phi) is 6.04. The van der Waals surface area contributed by atoms with E-state index in [9.17, 15) is 0 Å². The summed E-state index contributed by atoms with van der Waals surface area (Å²) in [5.74, 6) is 0. The lowest BCUT2D eigenvalue weighted by Crippen LogP contribution is -2.10. The Balaban J connectivity index is 1.66. The van der Waals surface area contributed by atoms with Gasteiger partial charge in [-0.05, 0) is 80.8 Å². The highest BCUT2D eigenvalue weighted by molar-refractivity contribution is 5.78. The van der Waals surface area contributed by atoms with Crippen LogP contribution < -0.4 is 4.90 Å². The summed E-state index contributed by atoms with van der Waals surface area (Å²) in [6.45, 7) is 8.55. The third-order valence-corrected chi connectivity index (χ3v) is 5.42. The minimum Gasteiger partial charge on any atom is -0.310 e. The van der Waals surface area contributed by atoms with Crippen LogP contribution in [-0.4, -0.2) is 0 Å². The molecule has 0 atom stereocenters. The van der Waals surface area contributed by atoms with E-state index in [2.05, 4.69) is 136 Å². The number of aryl methyl sites for hydroxylation is 4. The summed E-state index contributed by atoms with van der Waals surface area (Å²) in [7, 11) is 0. The predicted molar refractivity (Wildman–Crippen MR) is 135 cm³/mol. The van der Waals surface area contributed by atoms with E-state index >= 15 is 0 Å². The SMILES string of the molecule is Cc1ccc(N(c2ccc(C=Cc3cc(C)cc(C)c3)cc2)c2cccc(C)c2)cc1. The van der Waals surface area contributed by atoms with Crippen molar-refractivity contribution in [3.05, 3.63) is 124 Å². The van der Waals surface area contributed by atoms with Gasteiger partial charge >= 0.3 is 0 Å². The van der Waals surface area contributed by atoms with Gasteiger partial charge < -0.3 is 4.90 Å². The number of nitrogens with zero attached hydrogens (tertiary/aromatic N) is 1. The molecule has 1 nitrogen and oxygen atoms in total. The molecule has 0 N–H and O–H groups in total. The highest BCUT2D eigenvalue weighted by Gasteiger charge is 2.12. The molecule has 1 heteroatoms. The third kappa shape index (κ3) is 5.13. The highest BCUT2D eigenvalue weighted by Crippen LogP contribution is 2.35. The molecule has 0 spiro atoms. The monoisotopic (exact) mass is 403 g/mol. The molecule has 4 aromatic rings. The van der Waals surface area contributed by atoms with Crippen LogP contribution in [0, 0.1) is 27.7 Å². The van der Waals surface area contributed by atoms with E-state index in [1.54, 1.807) is 0 Å². The maximum atomic E-state index is 2.31. The van der Waals surface area contributed by atoms with Gasteiger partial charge in [-0.2, -0.15) is 0 Å². The van der Waals surface area contributed by atoms with Gasteiger partial charge in [0.2, 0.25) is 0 Å². The normalized spacial score (nSPS) is 11.1. The smallest absolute Gasteiger partial charge is 0.0464 e. The van der Waals surface area contributed by atoms with E-state index in [4.69, 9.17) is 0 Å². The molecule has 154 valence electrons. The zero-order chi connectivity index (χ0) is 21.8. The van der Waals surface area contributed by atoms with Crippen molar-refractivity contribution in [3.63, 3.8) is 0 Å². The average molecular weight is 404 g/mol. The van der Waals surface area contributed by atoms with Crippen LogP contribution in [0.15, 0.2) is 91.0 Å². The average Bonchev–Trinajstić information content (AvgIpc) is 2.74. The fraction of sp³-hybridized carbons (Fsp3) is 0.133. The molecular weight excluding hydrogens is 374 g/mol. The Bertz CT molecular complexity index is 1180. The minimum absolute atomic E-state index is 1.15. The lowest BCUT2D eigenvalue weighted by atomic mass is 10.1. The standard InChI is InChI=1S/C30H29N/c1-22-8-14-28(15-9-22)31(30-7-5-6-23(2)21-30)29-16-12-26(13-17-29)10-11-27-19-24(3)18-25(4)20-27/h5-21H,1-4H3. The van der Waals surface area contributed by atoms with Gasteiger partial charge in [0.1, 0.15) is 0 Å². The summed E-state index contributed by atoms with van der Waals surface area (Å²) in [6.07, 6.45) is 4.37. The van der Waals surface area contributed by atoms with Crippen molar-refractivity contribution in [1.29, 1.82) is 0 Å². The van der Waals surface area contributed by atoms with E-state index < -0.39 is 0 Å². The molecular formula is C30H29N. The Morgan fingerprint density at radius 3 is 1.65 bits per heavy atom. The molecule has 0 aliphatic rings. The van der Waals surface area contributed by atoms with Gasteiger partial charge in [0.15, 0.2) is 0 Å². The number of anilines is 3. The Morgan fingerprint density at radius 2 is 1.03 bits per heavy atom. The van der Waals surface area contributed by atoms with Crippen LogP contribution in [0.4, 0.5) is 17.1 Å². The van der Waals surface area contributed by atoms with E-state index in [1.807, 2.05) is 0 Å². The second-order valence-electron chi connectivity index (χ2n) is 8.36. The molecule has 0 heterocycles. The summed E-state index contributed by atoms with van der Waals surface area (Å²) < 4.78 is 0. The van der Waals surface area contributed by atoms with Crippen LogP contribution >= 0.6 is 0 Å². The van der Waals surface area contributed by atoms with Gasteiger partial charge in [0, 0.05) is 17.1 Å². The van der Waals surface area contributed by atoms with Crippen LogP contribution in [0.2, 0.25) is 0 Å². The van der Waals surface area contributed by atoms with Crippen molar-refractivity contribution in [2.24, 2.45) is 0 Å². The maximum absolute atomic E-state index is 2.31. The Hall–Kier alpha value is -3.58. The largest absolute Gasteiger partial charge is 0.310 e. The van der Waals surface area contributed by atoms with Crippen LogP contribution in [0.5, 0.6) is 0 Å². The fourth-order valence-corrected chi connectivity index (χ4v) is 3.94. The lowest BCUT2D eigenvalue weighted by molar-refractivity contribution is 1.26. The first-order valence-electron chi connectivity index (χ1n) is 10.8. The van der Waals surface area contributed by atoms with Gasteiger partial charge in [-0.3, -0.25) is 0 Å². The van der Waals surface area contributed by atoms with Crippen molar-refractivity contribution in [1.82, 2.24) is 0 Å². The van der Waals surface area contributed by atoms with Gasteiger partial charge in [0.25, 0.3) is 0 Å². The van der Waals surface area contributed by atoms with E-state index in [-0.39, 0.29) is 0 Å². The van der Waals surface area contributed by atoms with Gasteiger partial charge in [-0.1, -0.05) is 83.4 Å². The molecule has 0 amide bonds. The number of benzene rings is 4. The lowest BCUT2D eigenvalue weighted by Gasteiger charge is -2.26. The van der Waals surface area contributed by atoms with Gasteiger partial charge in [-0.15, -0.1) is 0 Å². The molecule has 0 bridgehead atoms. The summed E-state index contributed by atoms with van der Waals surface area (Å²) in [5, 5.41) is 0. The first-order valence-corrected chi connectivity index (χ1v) is 10.8.